The summed E-state index contributed by atoms with van der Waals surface area (Å²) in [5, 5.41) is 11.3. The number of hydrogen-bond acceptors (Lipinski definition) is 6. The fourth-order valence-corrected chi connectivity index (χ4v) is 4.56. The van der Waals surface area contributed by atoms with Gasteiger partial charge in [0.1, 0.15) is 23.4 Å². The van der Waals surface area contributed by atoms with Gasteiger partial charge in [-0.05, 0) is 60.7 Å². The van der Waals surface area contributed by atoms with E-state index >= 15 is 0 Å². The largest absolute Gasteiger partial charge is 0.507 e. The smallest absolute Gasteiger partial charge is 0.295 e. The Morgan fingerprint density at radius 1 is 1.17 bits per heavy atom. The number of aliphatic hydroxyl groups excluding tert-OH is 1. The number of rotatable bonds is 9. The van der Waals surface area contributed by atoms with Gasteiger partial charge in [-0.15, -0.1) is 0 Å². The number of methoxy groups -OCH3 is 1. The summed E-state index contributed by atoms with van der Waals surface area (Å²) in [4.78, 5) is 27.7. The second-order valence-electron chi connectivity index (χ2n) is 9.54. The summed E-state index contributed by atoms with van der Waals surface area (Å²) in [6.07, 6.45) is 1.69. The molecule has 2 heterocycles. The van der Waals surface area contributed by atoms with Crippen molar-refractivity contribution in [2.75, 3.05) is 26.9 Å². The number of benzene rings is 2. The average Bonchev–Trinajstić information content (AvgIpc) is 3.32. The molecule has 2 aromatic rings. The molecule has 35 heavy (non-hydrogen) atoms. The van der Waals surface area contributed by atoms with Crippen molar-refractivity contribution < 1.29 is 28.9 Å². The number of amides is 1. The Hall–Kier alpha value is -3.32. The molecule has 0 radical (unpaired) electrons. The lowest BCUT2D eigenvalue weighted by Gasteiger charge is -2.25. The first-order valence-electron chi connectivity index (χ1n) is 12.1. The van der Waals surface area contributed by atoms with E-state index in [1.807, 2.05) is 37.3 Å². The van der Waals surface area contributed by atoms with E-state index in [-0.39, 0.29) is 30.6 Å². The quantitative estimate of drug-likeness (QED) is 0.324. The van der Waals surface area contributed by atoms with Crippen molar-refractivity contribution in [2.24, 2.45) is 5.92 Å². The van der Waals surface area contributed by atoms with Crippen LogP contribution in [0.4, 0.5) is 0 Å². The van der Waals surface area contributed by atoms with Crippen molar-refractivity contribution in [3.05, 3.63) is 64.7 Å². The molecule has 2 aromatic carbocycles. The van der Waals surface area contributed by atoms with Crippen LogP contribution in [-0.4, -0.2) is 54.7 Å². The highest BCUT2D eigenvalue weighted by Gasteiger charge is 2.46. The van der Waals surface area contributed by atoms with E-state index < -0.39 is 17.7 Å². The van der Waals surface area contributed by atoms with Crippen molar-refractivity contribution in [3.63, 3.8) is 0 Å². The summed E-state index contributed by atoms with van der Waals surface area (Å²) >= 11 is 0. The number of fused-ring (bicyclic) bond motifs is 1. The van der Waals surface area contributed by atoms with Gasteiger partial charge in [-0.1, -0.05) is 26.0 Å². The molecule has 4 rings (SSSR count). The minimum Gasteiger partial charge on any atom is -0.507 e. The molecule has 1 fully saturated rings. The molecule has 1 N–H and O–H groups in total. The lowest BCUT2D eigenvalue weighted by molar-refractivity contribution is -0.140. The van der Waals surface area contributed by atoms with Crippen molar-refractivity contribution in [2.45, 2.75) is 45.8 Å². The minimum absolute atomic E-state index is 0.0560. The van der Waals surface area contributed by atoms with Gasteiger partial charge in [0.25, 0.3) is 11.7 Å². The molecule has 2 aliphatic rings. The normalized spacial score (nSPS) is 20.9. The maximum Gasteiger partial charge on any atom is 0.295 e. The van der Waals surface area contributed by atoms with Crippen molar-refractivity contribution in [1.82, 2.24) is 4.90 Å². The van der Waals surface area contributed by atoms with Crippen molar-refractivity contribution in [3.8, 4) is 11.5 Å². The maximum atomic E-state index is 13.2. The number of hydrogen-bond donors (Lipinski definition) is 1. The van der Waals surface area contributed by atoms with Crippen LogP contribution in [0.5, 0.6) is 11.5 Å². The summed E-state index contributed by atoms with van der Waals surface area (Å²) < 4.78 is 16.9. The number of carbonyl (C=O) groups excluding carboxylic acids is 2. The first-order chi connectivity index (χ1) is 16.8. The monoisotopic (exact) mass is 479 g/mol. The molecule has 0 aromatic heterocycles. The summed E-state index contributed by atoms with van der Waals surface area (Å²) in [6.45, 7) is 7.31. The molecule has 1 saturated heterocycles. The summed E-state index contributed by atoms with van der Waals surface area (Å²) in [5.41, 5.74) is 2.21. The predicted molar refractivity (Wildman–Crippen MR) is 133 cm³/mol. The third-order valence-electron chi connectivity index (χ3n) is 6.38. The van der Waals surface area contributed by atoms with E-state index in [9.17, 15) is 14.7 Å². The molecule has 0 spiro atoms. The van der Waals surface area contributed by atoms with Gasteiger partial charge in [0.2, 0.25) is 0 Å². The second-order valence-corrected chi connectivity index (χ2v) is 9.54. The van der Waals surface area contributed by atoms with Gasteiger partial charge in [-0.2, -0.15) is 0 Å². The standard InChI is InChI=1S/C28H33NO6/c1-17(2)10-12-34-22-7-5-6-19(16-22)25-24(27(31)28(32)29(25)11-13-33-4)26(30)20-8-9-23-21(15-20)14-18(3)35-23/h5-9,15-18,25,30H,10-14H2,1-4H3/t18-,25-/m1/s1. The average molecular weight is 480 g/mol. The van der Waals surface area contributed by atoms with E-state index in [2.05, 4.69) is 13.8 Å². The van der Waals surface area contributed by atoms with Crippen LogP contribution < -0.4 is 9.47 Å². The number of likely N-dealkylation sites (tertiary alicyclic amines) is 1. The lowest BCUT2D eigenvalue weighted by Crippen LogP contribution is -2.32. The molecule has 0 saturated carbocycles. The van der Waals surface area contributed by atoms with Gasteiger partial charge >= 0.3 is 0 Å². The number of carbonyl (C=O) groups is 2. The Morgan fingerprint density at radius 3 is 2.71 bits per heavy atom. The Balaban J connectivity index is 1.75. The fraction of sp³-hybridized carbons (Fsp3) is 0.429. The van der Waals surface area contributed by atoms with Crippen molar-refractivity contribution >= 4 is 17.4 Å². The Labute approximate surface area is 206 Å². The summed E-state index contributed by atoms with van der Waals surface area (Å²) in [5.74, 6) is 0.390. The van der Waals surface area contributed by atoms with E-state index in [4.69, 9.17) is 14.2 Å². The van der Waals surface area contributed by atoms with Crippen LogP contribution in [0.1, 0.15) is 49.9 Å². The van der Waals surface area contributed by atoms with Crippen molar-refractivity contribution in [1.29, 1.82) is 0 Å². The van der Waals surface area contributed by atoms with E-state index in [0.717, 1.165) is 24.2 Å². The van der Waals surface area contributed by atoms with Crippen LogP contribution in [0, 0.1) is 5.92 Å². The number of ether oxygens (including phenoxy) is 3. The third-order valence-corrected chi connectivity index (χ3v) is 6.38. The van der Waals surface area contributed by atoms with Gasteiger partial charge in [0, 0.05) is 25.6 Å². The highest BCUT2D eigenvalue weighted by Crippen LogP contribution is 2.41. The highest BCUT2D eigenvalue weighted by molar-refractivity contribution is 6.46. The molecule has 0 aliphatic carbocycles. The first kappa shape index (κ1) is 24.8. The van der Waals surface area contributed by atoms with Crippen LogP contribution >= 0.6 is 0 Å². The molecule has 186 valence electrons. The molecule has 7 heteroatoms. The van der Waals surface area contributed by atoms with E-state index in [1.54, 1.807) is 19.2 Å². The molecule has 2 atom stereocenters. The summed E-state index contributed by atoms with van der Waals surface area (Å²) in [7, 11) is 1.54. The zero-order chi connectivity index (χ0) is 25.1. The molecule has 7 nitrogen and oxygen atoms in total. The van der Waals surface area contributed by atoms with Gasteiger partial charge in [-0.25, -0.2) is 0 Å². The lowest BCUT2D eigenvalue weighted by atomic mass is 9.94. The number of nitrogens with zero attached hydrogens (tertiary/aromatic N) is 1. The molecule has 1 amide bonds. The highest BCUT2D eigenvalue weighted by atomic mass is 16.5. The van der Waals surface area contributed by atoms with Crippen LogP contribution in [0.25, 0.3) is 5.76 Å². The van der Waals surface area contributed by atoms with E-state index in [1.165, 1.54) is 4.90 Å². The Kier molecular flexibility index (Phi) is 7.45. The van der Waals surface area contributed by atoms with Gasteiger partial charge in [0.05, 0.1) is 24.8 Å². The molecular weight excluding hydrogens is 446 g/mol. The second kappa shape index (κ2) is 10.5. The van der Waals surface area contributed by atoms with Crippen LogP contribution in [0.2, 0.25) is 0 Å². The minimum atomic E-state index is -0.748. The van der Waals surface area contributed by atoms with E-state index in [0.29, 0.717) is 29.4 Å². The van der Waals surface area contributed by atoms with Gasteiger partial charge in [0.15, 0.2) is 0 Å². The maximum absolute atomic E-state index is 13.2. The summed E-state index contributed by atoms with van der Waals surface area (Å²) in [6, 6.07) is 12.0. The zero-order valence-corrected chi connectivity index (χ0v) is 20.7. The SMILES string of the molecule is COCCN1C(=O)C(=O)C(=C(O)c2ccc3c(c2)C[C@@H](C)O3)[C@H]1c1cccc(OCCC(C)C)c1. The Bertz CT molecular complexity index is 1140. The fourth-order valence-electron chi connectivity index (χ4n) is 4.56. The van der Waals surface area contributed by atoms with Crippen LogP contribution in [-0.2, 0) is 20.7 Å². The number of aliphatic hydroxyl groups is 1. The molecule has 0 unspecified atom stereocenters. The predicted octanol–water partition coefficient (Wildman–Crippen LogP) is 4.50. The van der Waals surface area contributed by atoms with Crippen LogP contribution in [0.3, 0.4) is 0 Å². The first-order valence-corrected chi connectivity index (χ1v) is 12.1. The topological polar surface area (TPSA) is 85.3 Å². The van der Waals surface area contributed by atoms with Gasteiger partial charge in [-0.3, -0.25) is 9.59 Å². The Morgan fingerprint density at radius 2 is 1.97 bits per heavy atom. The zero-order valence-electron chi connectivity index (χ0n) is 20.7. The molecule has 2 aliphatic heterocycles. The third kappa shape index (κ3) is 5.20. The molecular formula is C28H33NO6. The number of Topliss-reactive ketones (excluding diaryl/α,β-unsaturated/α-hetero) is 1. The van der Waals surface area contributed by atoms with Crippen LogP contribution in [0.15, 0.2) is 48.0 Å². The number of ketones is 1. The molecule has 0 bridgehead atoms. The van der Waals surface area contributed by atoms with Gasteiger partial charge < -0.3 is 24.2 Å².